The van der Waals surface area contributed by atoms with Crippen LogP contribution in [0.4, 0.5) is 4.39 Å². The molecular weight excluding hydrogens is 232 g/mol. The Balaban J connectivity index is 3.25. The van der Waals surface area contributed by atoms with Crippen LogP contribution >= 0.6 is 27.5 Å². The number of rotatable bonds is 1. The summed E-state index contributed by atoms with van der Waals surface area (Å²) in [6, 6.07) is 2.90. The lowest BCUT2D eigenvalue weighted by atomic mass is 10.2. The predicted molar refractivity (Wildman–Crippen MR) is 47.0 cm³/mol. The van der Waals surface area contributed by atoms with Gasteiger partial charge in [-0.1, -0.05) is 17.7 Å². The lowest BCUT2D eigenvalue weighted by molar-refractivity contribution is 0.626. The third kappa shape index (κ3) is 1.72. The number of hydrogen-bond donors (Lipinski definition) is 1. The van der Waals surface area contributed by atoms with Gasteiger partial charge in [0.2, 0.25) is 0 Å². The van der Waals surface area contributed by atoms with Crippen molar-refractivity contribution in [1.82, 2.24) is 0 Å². The van der Waals surface area contributed by atoms with Gasteiger partial charge in [-0.15, -0.1) is 0 Å². The first-order valence-corrected chi connectivity index (χ1v) is 4.16. The van der Waals surface area contributed by atoms with Crippen LogP contribution in [0.1, 0.15) is 5.56 Å². The van der Waals surface area contributed by atoms with Gasteiger partial charge in [0.1, 0.15) is 5.82 Å². The van der Waals surface area contributed by atoms with E-state index in [1.807, 2.05) is 0 Å². The van der Waals surface area contributed by atoms with Gasteiger partial charge >= 0.3 is 0 Å². The van der Waals surface area contributed by atoms with Gasteiger partial charge in [0, 0.05) is 11.0 Å². The van der Waals surface area contributed by atoms with Crippen LogP contribution in [0.3, 0.4) is 0 Å². The fraction of sp³-hybridized carbons (Fsp3) is 0.143. The first-order chi connectivity index (χ1) is 5.16. The third-order valence-corrected chi connectivity index (χ3v) is 2.84. The Morgan fingerprint density at radius 2 is 2.18 bits per heavy atom. The van der Waals surface area contributed by atoms with Crippen molar-refractivity contribution in [2.45, 2.75) is 6.54 Å². The Kier molecular flexibility index (Phi) is 2.87. The van der Waals surface area contributed by atoms with Gasteiger partial charge in [0.25, 0.3) is 0 Å². The van der Waals surface area contributed by atoms with E-state index in [1.54, 1.807) is 6.07 Å². The summed E-state index contributed by atoms with van der Waals surface area (Å²) in [7, 11) is 0. The lowest BCUT2D eigenvalue weighted by Gasteiger charge is -2.02. The molecule has 0 bridgehead atoms. The van der Waals surface area contributed by atoms with E-state index in [9.17, 15) is 4.39 Å². The van der Waals surface area contributed by atoms with E-state index < -0.39 is 5.82 Å². The summed E-state index contributed by atoms with van der Waals surface area (Å²) in [5.41, 5.74) is 6.16. The molecule has 0 saturated carbocycles. The van der Waals surface area contributed by atoms with E-state index >= 15 is 0 Å². The van der Waals surface area contributed by atoms with Crippen molar-refractivity contribution in [3.63, 3.8) is 0 Å². The zero-order chi connectivity index (χ0) is 8.43. The molecule has 4 heteroatoms. The molecule has 0 amide bonds. The fourth-order valence-corrected chi connectivity index (χ4v) is 1.39. The Hall–Kier alpha value is -0.120. The predicted octanol–water partition coefficient (Wildman–Crippen LogP) is 2.70. The van der Waals surface area contributed by atoms with Crippen LogP contribution in [0.25, 0.3) is 0 Å². The van der Waals surface area contributed by atoms with E-state index in [-0.39, 0.29) is 5.02 Å². The number of halogens is 3. The highest BCUT2D eigenvalue weighted by Crippen LogP contribution is 2.28. The molecule has 0 fully saturated rings. The van der Waals surface area contributed by atoms with Gasteiger partial charge < -0.3 is 5.73 Å². The average Bonchev–Trinajstić information content (AvgIpc) is 2.01. The van der Waals surface area contributed by atoms with Crippen molar-refractivity contribution >= 4 is 27.5 Å². The molecule has 11 heavy (non-hydrogen) atoms. The maximum Gasteiger partial charge on any atom is 0.142 e. The summed E-state index contributed by atoms with van der Waals surface area (Å²) in [6.45, 7) is 0.348. The van der Waals surface area contributed by atoms with E-state index in [2.05, 4.69) is 15.9 Å². The zero-order valence-electron chi connectivity index (χ0n) is 5.57. The molecule has 60 valence electrons. The van der Waals surface area contributed by atoms with E-state index in [1.165, 1.54) is 6.07 Å². The standard InChI is InChI=1S/C7H6BrClFN/c8-6-4(3-11)1-2-5(10)7(6)9/h1-2H,3,11H2. The molecule has 0 saturated heterocycles. The first-order valence-electron chi connectivity index (χ1n) is 2.99. The van der Waals surface area contributed by atoms with Crippen LogP contribution in [0.15, 0.2) is 16.6 Å². The molecular formula is C7H6BrClFN. The smallest absolute Gasteiger partial charge is 0.142 e. The Bertz CT molecular complexity index is 277. The molecule has 0 aliphatic carbocycles. The second-order valence-electron chi connectivity index (χ2n) is 2.04. The van der Waals surface area contributed by atoms with Gasteiger partial charge in [-0.3, -0.25) is 0 Å². The summed E-state index contributed by atoms with van der Waals surface area (Å²) in [4.78, 5) is 0. The van der Waals surface area contributed by atoms with E-state index in [0.29, 0.717) is 11.0 Å². The van der Waals surface area contributed by atoms with Gasteiger partial charge in [0.05, 0.1) is 5.02 Å². The van der Waals surface area contributed by atoms with Crippen molar-refractivity contribution in [3.8, 4) is 0 Å². The molecule has 0 atom stereocenters. The molecule has 0 spiro atoms. The largest absolute Gasteiger partial charge is 0.326 e. The molecule has 1 aromatic rings. The molecule has 0 aromatic heterocycles. The van der Waals surface area contributed by atoms with Crippen molar-refractivity contribution in [2.24, 2.45) is 5.73 Å². The van der Waals surface area contributed by atoms with Crippen molar-refractivity contribution < 1.29 is 4.39 Å². The van der Waals surface area contributed by atoms with Crippen LogP contribution in [0.5, 0.6) is 0 Å². The molecule has 2 N–H and O–H groups in total. The van der Waals surface area contributed by atoms with Gasteiger partial charge in [-0.25, -0.2) is 4.39 Å². The molecule has 1 rings (SSSR count). The monoisotopic (exact) mass is 237 g/mol. The number of benzene rings is 1. The molecule has 0 heterocycles. The van der Waals surface area contributed by atoms with Gasteiger partial charge in [-0.2, -0.15) is 0 Å². The zero-order valence-corrected chi connectivity index (χ0v) is 7.91. The Morgan fingerprint density at radius 3 is 2.73 bits per heavy atom. The molecule has 0 aliphatic heterocycles. The van der Waals surface area contributed by atoms with Crippen molar-refractivity contribution in [3.05, 3.63) is 33.0 Å². The maximum absolute atomic E-state index is 12.7. The normalized spacial score (nSPS) is 10.2. The lowest BCUT2D eigenvalue weighted by Crippen LogP contribution is -1.98. The highest BCUT2D eigenvalue weighted by molar-refractivity contribution is 9.10. The van der Waals surface area contributed by atoms with Crippen LogP contribution < -0.4 is 5.73 Å². The number of hydrogen-bond acceptors (Lipinski definition) is 1. The molecule has 1 nitrogen and oxygen atoms in total. The van der Waals surface area contributed by atoms with Crippen molar-refractivity contribution in [2.75, 3.05) is 0 Å². The summed E-state index contributed by atoms with van der Waals surface area (Å²) in [5, 5.41) is 0.0907. The van der Waals surface area contributed by atoms with E-state index in [4.69, 9.17) is 17.3 Å². The van der Waals surface area contributed by atoms with Crippen LogP contribution in [-0.2, 0) is 6.54 Å². The fourth-order valence-electron chi connectivity index (χ4n) is 0.724. The highest BCUT2D eigenvalue weighted by Gasteiger charge is 2.06. The van der Waals surface area contributed by atoms with E-state index in [0.717, 1.165) is 5.56 Å². The first kappa shape index (κ1) is 8.97. The van der Waals surface area contributed by atoms with Gasteiger partial charge in [0.15, 0.2) is 0 Å². The highest BCUT2D eigenvalue weighted by atomic mass is 79.9. The summed E-state index contributed by atoms with van der Waals surface area (Å²) >= 11 is 8.72. The summed E-state index contributed by atoms with van der Waals surface area (Å²) < 4.78 is 13.2. The summed E-state index contributed by atoms with van der Waals surface area (Å²) in [6.07, 6.45) is 0. The van der Waals surface area contributed by atoms with Crippen molar-refractivity contribution in [1.29, 1.82) is 0 Å². The summed E-state index contributed by atoms with van der Waals surface area (Å²) in [5.74, 6) is -0.434. The number of nitrogens with two attached hydrogens (primary N) is 1. The maximum atomic E-state index is 12.7. The molecule has 0 aliphatic rings. The second kappa shape index (κ2) is 3.52. The Morgan fingerprint density at radius 1 is 1.55 bits per heavy atom. The van der Waals surface area contributed by atoms with Crippen LogP contribution in [0, 0.1) is 5.82 Å². The topological polar surface area (TPSA) is 26.0 Å². The average molecular weight is 238 g/mol. The quantitative estimate of drug-likeness (QED) is 0.748. The SMILES string of the molecule is NCc1ccc(F)c(Cl)c1Br. The van der Waals surface area contributed by atoms with Crippen LogP contribution in [-0.4, -0.2) is 0 Å². The Labute approximate surface area is 77.5 Å². The van der Waals surface area contributed by atoms with Crippen LogP contribution in [0.2, 0.25) is 5.02 Å². The minimum atomic E-state index is -0.434. The van der Waals surface area contributed by atoms with Gasteiger partial charge in [-0.05, 0) is 27.6 Å². The molecule has 1 aromatic carbocycles. The molecule has 0 radical (unpaired) electrons. The third-order valence-electron chi connectivity index (χ3n) is 1.34. The molecule has 0 unspecified atom stereocenters. The minimum absolute atomic E-state index is 0.0907. The second-order valence-corrected chi connectivity index (χ2v) is 3.21. The minimum Gasteiger partial charge on any atom is -0.326 e.